The van der Waals surface area contributed by atoms with Crippen molar-refractivity contribution in [3.05, 3.63) is 18.2 Å². The second-order valence-corrected chi connectivity index (χ2v) is 1.53. The monoisotopic (exact) mass is 125 g/mol. The average Bonchev–Trinajstić information content (AvgIpc) is 1.91. The predicted molar refractivity (Wildman–Crippen MR) is 30.6 cm³/mol. The van der Waals surface area contributed by atoms with Crippen LogP contribution in [0.15, 0.2) is 12.4 Å². The van der Waals surface area contributed by atoms with Crippen molar-refractivity contribution in [3.8, 4) is 0 Å². The van der Waals surface area contributed by atoms with E-state index >= 15 is 0 Å². The van der Waals surface area contributed by atoms with Crippen LogP contribution in [-0.4, -0.2) is 26.9 Å². The van der Waals surface area contributed by atoms with Gasteiger partial charge in [0, 0.05) is 12.6 Å². The lowest BCUT2D eigenvalue weighted by Gasteiger charge is -1.89. The third-order valence-electron chi connectivity index (χ3n) is 0.865. The van der Waals surface area contributed by atoms with Gasteiger partial charge in [-0.15, -0.1) is 5.10 Å². The minimum Gasteiger partial charge on any atom is -0.396 e. The van der Waals surface area contributed by atoms with Gasteiger partial charge in [-0.2, -0.15) is 5.10 Å². The zero-order chi connectivity index (χ0) is 6.53. The largest absolute Gasteiger partial charge is 0.396 e. The molecular weight excluding hydrogens is 118 g/mol. The average molecular weight is 125 g/mol. The summed E-state index contributed by atoms with van der Waals surface area (Å²) in [5, 5.41) is 15.6. The number of aliphatic hydroxyl groups is 1. The molecule has 4 heteroatoms. The van der Waals surface area contributed by atoms with Crippen molar-refractivity contribution in [3.63, 3.8) is 0 Å². The van der Waals surface area contributed by atoms with Gasteiger partial charge in [0.05, 0.1) is 12.8 Å². The number of rotatable bonds is 2. The van der Waals surface area contributed by atoms with Gasteiger partial charge in [0.1, 0.15) is 0 Å². The van der Waals surface area contributed by atoms with Gasteiger partial charge in [0.15, 0.2) is 5.82 Å². The maximum Gasteiger partial charge on any atom is 0.153 e. The fraction of sp³-hybridized carbons (Fsp3) is 0.400. The topological polar surface area (TPSA) is 58.9 Å². The number of aromatic nitrogens is 3. The first-order valence-electron chi connectivity index (χ1n) is 2.67. The highest BCUT2D eigenvalue weighted by atomic mass is 16.3. The van der Waals surface area contributed by atoms with E-state index in [-0.39, 0.29) is 6.61 Å². The lowest BCUT2D eigenvalue weighted by molar-refractivity contribution is 0.296. The van der Waals surface area contributed by atoms with Gasteiger partial charge in [-0.05, 0) is 0 Å². The smallest absolute Gasteiger partial charge is 0.153 e. The summed E-state index contributed by atoms with van der Waals surface area (Å²) in [6.45, 7) is 0.0751. The maximum atomic E-state index is 8.41. The van der Waals surface area contributed by atoms with Crippen molar-refractivity contribution >= 4 is 0 Å². The highest BCUT2D eigenvalue weighted by molar-refractivity contribution is 4.80. The Kier molecular flexibility index (Phi) is 2.09. The summed E-state index contributed by atoms with van der Waals surface area (Å²) in [5.41, 5.74) is 0. The van der Waals surface area contributed by atoms with Crippen LogP contribution in [0.2, 0.25) is 0 Å². The summed E-state index contributed by atoms with van der Waals surface area (Å²) in [6, 6.07) is 0. The van der Waals surface area contributed by atoms with Crippen LogP contribution in [0.1, 0.15) is 5.82 Å². The van der Waals surface area contributed by atoms with Crippen molar-refractivity contribution in [2.24, 2.45) is 0 Å². The Hall–Kier alpha value is -1.03. The van der Waals surface area contributed by atoms with Crippen LogP contribution >= 0.6 is 0 Å². The summed E-state index contributed by atoms with van der Waals surface area (Å²) in [7, 11) is 0. The molecule has 0 aliphatic rings. The molecule has 0 saturated heterocycles. The van der Waals surface area contributed by atoms with E-state index in [1.807, 2.05) is 0 Å². The number of hydrogen-bond acceptors (Lipinski definition) is 4. The fourth-order valence-electron chi connectivity index (χ4n) is 0.490. The molecule has 0 radical (unpaired) electrons. The van der Waals surface area contributed by atoms with Crippen molar-refractivity contribution in [2.45, 2.75) is 6.42 Å². The van der Waals surface area contributed by atoms with Crippen LogP contribution in [0.25, 0.3) is 0 Å². The van der Waals surface area contributed by atoms with Gasteiger partial charge in [-0.1, -0.05) is 0 Å². The molecule has 1 aromatic heterocycles. The molecule has 0 amide bonds. The van der Waals surface area contributed by atoms with Gasteiger partial charge < -0.3 is 5.11 Å². The van der Waals surface area contributed by atoms with Gasteiger partial charge in [-0.3, -0.25) is 0 Å². The SMILES string of the molecule is OCCc1nccnn1. The molecule has 4 nitrogen and oxygen atoms in total. The Morgan fingerprint density at radius 3 is 2.89 bits per heavy atom. The Morgan fingerprint density at radius 2 is 2.33 bits per heavy atom. The molecule has 0 aromatic carbocycles. The van der Waals surface area contributed by atoms with Crippen molar-refractivity contribution in [2.75, 3.05) is 6.61 Å². The molecule has 1 N–H and O–H groups in total. The Bertz CT molecular complexity index is 165. The normalized spacial score (nSPS) is 9.44. The Morgan fingerprint density at radius 1 is 1.44 bits per heavy atom. The second-order valence-electron chi connectivity index (χ2n) is 1.53. The quantitative estimate of drug-likeness (QED) is 0.573. The van der Waals surface area contributed by atoms with Crippen LogP contribution in [0, 0.1) is 0 Å². The highest BCUT2D eigenvalue weighted by Crippen LogP contribution is 1.83. The predicted octanol–water partition coefficient (Wildman–Crippen LogP) is -0.594. The minimum absolute atomic E-state index is 0.0751. The van der Waals surface area contributed by atoms with Crippen molar-refractivity contribution < 1.29 is 5.11 Å². The molecule has 9 heavy (non-hydrogen) atoms. The molecule has 0 atom stereocenters. The number of nitrogens with zero attached hydrogens (tertiary/aromatic N) is 3. The highest BCUT2D eigenvalue weighted by Gasteiger charge is 1.90. The summed E-state index contributed by atoms with van der Waals surface area (Å²) >= 11 is 0. The molecule has 0 saturated carbocycles. The zero-order valence-corrected chi connectivity index (χ0v) is 4.86. The third kappa shape index (κ3) is 1.73. The van der Waals surface area contributed by atoms with E-state index in [2.05, 4.69) is 15.2 Å². The van der Waals surface area contributed by atoms with Crippen LogP contribution in [0.5, 0.6) is 0 Å². The minimum atomic E-state index is 0.0751. The molecule has 0 fully saturated rings. The molecule has 0 bridgehead atoms. The summed E-state index contributed by atoms with van der Waals surface area (Å²) in [5.74, 6) is 0.583. The van der Waals surface area contributed by atoms with E-state index in [1.165, 1.54) is 6.20 Å². The standard InChI is InChI=1S/C5H7N3O/c9-4-1-5-6-2-3-7-8-5/h2-3,9H,1,4H2. The molecular formula is C5H7N3O. The number of aliphatic hydroxyl groups excluding tert-OH is 1. The van der Waals surface area contributed by atoms with Crippen molar-refractivity contribution in [1.82, 2.24) is 15.2 Å². The maximum absolute atomic E-state index is 8.41. The molecule has 1 aromatic rings. The summed E-state index contributed by atoms with van der Waals surface area (Å²) < 4.78 is 0. The van der Waals surface area contributed by atoms with Crippen LogP contribution in [0.3, 0.4) is 0 Å². The van der Waals surface area contributed by atoms with Crippen LogP contribution in [0.4, 0.5) is 0 Å². The first-order chi connectivity index (χ1) is 4.43. The molecule has 0 aliphatic carbocycles. The van der Waals surface area contributed by atoms with Crippen LogP contribution in [-0.2, 0) is 6.42 Å². The second kappa shape index (κ2) is 3.09. The van der Waals surface area contributed by atoms with Crippen LogP contribution < -0.4 is 0 Å². The molecule has 1 heterocycles. The van der Waals surface area contributed by atoms with E-state index < -0.39 is 0 Å². The molecule has 0 aliphatic heterocycles. The van der Waals surface area contributed by atoms with E-state index in [0.29, 0.717) is 12.2 Å². The lowest BCUT2D eigenvalue weighted by atomic mass is 10.4. The van der Waals surface area contributed by atoms with Gasteiger partial charge in [0.25, 0.3) is 0 Å². The summed E-state index contributed by atoms with van der Waals surface area (Å²) in [6.07, 6.45) is 3.53. The molecule has 0 spiro atoms. The first-order valence-corrected chi connectivity index (χ1v) is 2.67. The fourth-order valence-corrected chi connectivity index (χ4v) is 0.490. The summed E-state index contributed by atoms with van der Waals surface area (Å²) in [4.78, 5) is 3.83. The van der Waals surface area contributed by atoms with Gasteiger partial charge >= 0.3 is 0 Å². The molecule has 0 unspecified atom stereocenters. The van der Waals surface area contributed by atoms with Crippen molar-refractivity contribution in [1.29, 1.82) is 0 Å². The lowest BCUT2D eigenvalue weighted by Crippen LogP contribution is -1.98. The Labute approximate surface area is 52.6 Å². The van der Waals surface area contributed by atoms with Gasteiger partial charge in [0.2, 0.25) is 0 Å². The van der Waals surface area contributed by atoms with E-state index in [4.69, 9.17) is 5.11 Å². The van der Waals surface area contributed by atoms with E-state index in [0.717, 1.165) is 0 Å². The third-order valence-corrected chi connectivity index (χ3v) is 0.865. The Balaban J connectivity index is 2.61. The van der Waals surface area contributed by atoms with Gasteiger partial charge in [-0.25, -0.2) is 4.98 Å². The number of hydrogen-bond donors (Lipinski definition) is 1. The first kappa shape index (κ1) is 6.10. The molecule has 48 valence electrons. The molecule has 1 rings (SSSR count). The van der Waals surface area contributed by atoms with E-state index in [9.17, 15) is 0 Å². The van der Waals surface area contributed by atoms with E-state index in [1.54, 1.807) is 6.20 Å². The zero-order valence-electron chi connectivity index (χ0n) is 4.86.